The Morgan fingerprint density at radius 1 is 0.837 bits per heavy atom. The molecule has 9 nitrogen and oxygen atoms in total. The predicted molar refractivity (Wildman–Crippen MR) is 166 cm³/mol. The molecule has 0 radical (unpaired) electrons. The van der Waals surface area contributed by atoms with E-state index >= 15 is 0 Å². The Balaban J connectivity index is 2.08. The molecule has 1 aliphatic rings. The molecule has 11 heteroatoms. The van der Waals surface area contributed by atoms with Gasteiger partial charge in [0, 0.05) is 31.4 Å². The van der Waals surface area contributed by atoms with Crippen LogP contribution in [0.1, 0.15) is 53.2 Å². The zero-order valence-corrected chi connectivity index (χ0v) is 28.1. The molecule has 0 aromatic heterocycles. The van der Waals surface area contributed by atoms with Crippen LogP contribution in [0.25, 0.3) is 0 Å². The van der Waals surface area contributed by atoms with Gasteiger partial charge >= 0.3 is 17.9 Å². The van der Waals surface area contributed by atoms with Gasteiger partial charge in [-0.15, -0.1) is 11.8 Å². The quantitative estimate of drug-likeness (QED) is 0.118. The van der Waals surface area contributed by atoms with E-state index in [1.807, 2.05) is 60.7 Å². The first-order chi connectivity index (χ1) is 20.2. The lowest BCUT2D eigenvalue weighted by Gasteiger charge is -2.49. The van der Waals surface area contributed by atoms with Crippen LogP contribution in [0.3, 0.4) is 0 Å². The third-order valence-corrected chi connectivity index (χ3v) is 13.0. The highest BCUT2D eigenvalue weighted by Crippen LogP contribution is 2.41. The third kappa shape index (κ3) is 10.2. The minimum Gasteiger partial charge on any atom is -0.463 e. The Morgan fingerprint density at radius 2 is 1.40 bits per heavy atom. The van der Waals surface area contributed by atoms with Gasteiger partial charge in [-0.1, -0.05) is 69.3 Å². The number of hydrogen-bond acceptors (Lipinski definition) is 10. The number of esters is 3. The average Bonchev–Trinajstić information content (AvgIpc) is 2.92. The number of carbonyl (C=O) groups excluding carboxylic acids is 3. The Morgan fingerprint density at radius 3 is 1.93 bits per heavy atom. The highest BCUT2D eigenvalue weighted by Gasteiger charge is 2.54. The van der Waals surface area contributed by atoms with E-state index in [0.717, 1.165) is 10.5 Å². The van der Waals surface area contributed by atoms with Crippen LogP contribution in [0.5, 0.6) is 0 Å². The molecule has 1 saturated heterocycles. The second-order valence-corrected chi connectivity index (χ2v) is 17.8. The van der Waals surface area contributed by atoms with Gasteiger partial charge in [0.1, 0.15) is 18.8 Å². The maximum absolute atomic E-state index is 12.5. The van der Waals surface area contributed by atoms with Crippen molar-refractivity contribution in [3.8, 4) is 0 Å². The monoisotopic (exact) mass is 632 g/mol. The molecule has 0 N–H and O–H groups in total. The maximum atomic E-state index is 12.5. The van der Waals surface area contributed by atoms with Gasteiger partial charge in [0.2, 0.25) is 0 Å². The van der Waals surface area contributed by atoms with Crippen LogP contribution in [0.4, 0.5) is 0 Å². The molecule has 0 aliphatic carbocycles. The van der Waals surface area contributed by atoms with Gasteiger partial charge in [-0.25, -0.2) is 0 Å². The van der Waals surface area contributed by atoms with Crippen LogP contribution in [-0.4, -0.2) is 69.3 Å². The van der Waals surface area contributed by atoms with E-state index in [2.05, 4.69) is 33.9 Å². The summed E-state index contributed by atoms with van der Waals surface area (Å²) in [5, 5.41) is -0.196. The summed E-state index contributed by atoms with van der Waals surface area (Å²) in [7, 11) is -2.50. The average molecular weight is 633 g/mol. The first kappa shape index (κ1) is 34.8. The molecule has 0 unspecified atom stereocenters. The number of rotatable bonds is 12. The molecular formula is C32H44O9SSi. The van der Waals surface area contributed by atoms with E-state index in [1.54, 1.807) is 11.8 Å². The van der Waals surface area contributed by atoms with Crippen LogP contribution in [0, 0.1) is 0 Å². The highest BCUT2D eigenvalue weighted by atomic mass is 32.2. The summed E-state index contributed by atoms with van der Waals surface area (Å²) in [5.41, 5.74) is 0.907. The van der Waals surface area contributed by atoms with E-state index in [0.29, 0.717) is 5.75 Å². The molecule has 1 aliphatic heterocycles. The smallest absolute Gasteiger partial charge is 0.303 e. The zero-order chi connectivity index (χ0) is 31.8. The molecule has 6 atom stereocenters. The summed E-state index contributed by atoms with van der Waals surface area (Å²) >= 11 is 1.62. The number of benzene rings is 2. The highest BCUT2D eigenvalue weighted by molar-refractivity contribution is 7.99. The Bertz CT molecular complexity index is 1200. The summed E-state index contributed by atoms with van der Waals surface area (Å²) in [6.07, 6.45) is -5.70. The molecule has 0 amide bonds. The van der Waals surface area contributed by atoms with Crippen LogP contribution in [0.15, 0.2) is 65.6 Å². The summed E-state index contributed by atoms with van der Waals surface area (Å²) in [4.78, 5) is 37.6. The first-order valence-electron chi connectivity index (χ1n) is 14.4. The van der Waals surface area contributed by atoms with Crippen LogP contribution in [-0.2, 0) is 42.5 Å². The third-order valence-electron chi connectivity index (χ3n) is 7.50. The van der Waals surface area contributed by atoms with Gasteiger partial charge in [0.25, 0.3) is 0 Å². The lowest BCUT2D eigenvalue weighted by Crippen LogP contribution is -2.64. The molecule has 43 heavy (non-hydrogen) atoms. The summed E-state index contributed by atoms with van der Waals surface area (Å²) in [6, 6.07) is 19.7. The second kappa shape index (κ2) is 15.3. The molecule has 1 fully saturated rings. The van der Waals surface area contributed by atoms with Crippen molar-refractivity contribution in [3.63, 3.8) is 0 Å². The van der Waals surface area contributed by atoms with Gasteiger partial charge in [0.15, 0.2) is 26.8 Å². The Hall–Kier alpha value is -2.70. The van der Waals surface area contributed by atoms with Crippen molar-refractivity contribution in [2.45, 2.75) is 101 Å². The topological polar surface area (TPSA) is 107 Å². The van der Waals surface area contributed by atoms with Crippen LogP contribution in [0.2, 0.25) is 18.1 Å². The number of thioether (sulfide) groups is 1. The van der Waals surface area contributed by atoms with Crippen molar-refractivity contribution in [1.82, 2.24) is 0 Å². The molecular weight excluding hydrogens is 588 g/mol. The fourth-order valence-electron chi connectivity index (χ4n) is 4.34. The van der Waals surface area contributed by atoms with Crippen molar-refractivity contribution in [2.75, 3.05) is 12.4 Å². The molecule has 236 valence electrons. The minimum atomic E-state index is -2.50. The van der Waals surface area contributed by atoms with E-state index in [-0.39, 0.29) is 11.6 Å². The second-order valence-electron chi connectivity index (χ2n) is 12.0. The van der Waals surface area contributed by atoms with Gasteiger partial charge in [-0.05, 0) is 35.8 Å². The summed E-state index contributed by atoms with van der Waals surface area (Å²) in [5.74, 6) is -1.21. The van der Waals surface area contributed by atoms with Crippen LogP contribution >= 0.6 is 11.8 Å². The molecule has 3 rings (SSSR count). The molecule has 0 spiro atoms. The molecule has 2 aromatic rings. The van der Waals surface area contributed by atoms with Gasteiger partial charge in [-0.3, -0.25) is 14.4 Å². The largest absolute Gasteiger partial charge is 0.463 e. The first-order valence-corrected chi connectivity index (χ1v) is 18.3. The Labute approximate surface area is 260 Å². The lowest BCUT2D eigenvalue weighted by atomic mass is 9.97. The molecule has 1 heterocycles. The summed E-state index contributed by atoms with van der Waals surface area (Å²) in [6.45, 7) is 14.0. The van der Waals surface area contributed by atoms with Crippen molar-refractivity contribution < 1.29 is 42.5 Å². The van der Waals surface area contributed by atoms with E-state index < -0.39 is 63.0 Å². The molecule has 0 bridgehead atoms. The number of hydrogen-bond donors (Lipinski definition) is 0. The van der Waals surface area contributed by atoms with Gasteiger partial charge in [0.05, 0.1) is 6.10 Å². The predicted octanol–water partition coefficient (Wildman–Crippen LogP) is 6.08. The zero-order valence-electron chi connectivity index (χ0n) is 26.2. The van der Waals surface area contributed by atoms with Crippen molar-refractivity contribution >= 4 is 38.0 Å². The van der Waals surface area contributed by atoms with Crippen molar-refractivity contribution in [3.05, 3.63) is 66.2 Å². The maximum Gasteiger partial charge on any atom is 0.303 e. The van der Waals surface area contributed by atoms with Crippen molar-refractivity contribution in [1.29, 1.82) is 0 Å². The van der Waals surface area contributed by atoms with E-state index in [4.69, 9.17) is 28.1 Å². The molecule has 2 aromatic carbocycles. The fraction of sp³-hybridized carbons (Fsp3) is 0.531. The SMILES string of the molecule is CC(=O)OC[C@H]1O[C@@H](O[Si](C)(C)C(C)(C)C)[C@H](O[C@H](CSc2ccccc2)c2ccccc2)[C@@H](OC(C)=O)[C@@H]1OC(C)=O. The van der Waals surface area contributed by atoms with Crippen molar-refractivity contribution in [2.24, 2.45) is 0 Å². The Kier molecular flexibility index (Phi) is 12.4. The van der Waals surface area contributed by atoms with Gasteiger partial charge < -0.3 is 28.1 Å². The number of ether oxygens (including phenoxy) is 5. The summed E-state index contributed by atoms with van der Waals surface area (Å²) < 4.78 is 36.9. The van der Waals surface area contributed by atoms with Crippen LogP contribution < -0.4 is 0 Å². The lowest BCUT2D eigenvalue weighted by molar-refractivity contribution is -0.302. The number of carbonyl (C=O) groups is 3. The fourth-order valence-corrected chi connectivity index (χ4v) is 6.43. The standard InChI is InChI=1S/C32H44O9SSi/c1-21(33)36-19-26-28(37-22(2)34)29(38-23(3)35)30(31(40-26)41-43(7,8)32(4,5)6)39-27(24-15-11-9-12-16-24)20-42-25-17-13-10-14-18-25/h9-18,26-31H,19-20H2,1-8H3/t26-,27-,28-,29+,30-,31+/m1/s1. The van der Waals surface area contributed by atoms with E-state index in [9.17, 15) is 14.4 Å². The minimum absolute atomic E-state index is 0.196. The van der Waals surface area contributed by atoms with E-state index in [1.165, 1.54) is 20.8 Å². The van der Waals surface area contributed by atoms with Gasteiger partial charge in [-0.2, -0.15) is 0 Å². The normalized spacial score (nSPS) is 23.2. The molecule has 0 saturated carbocycles.